The van der Waals surface area contributed by atoms with Crippen molar-refractivity contribution >= 4 is 28.4 Å². The second kappa shape index (κ2) is 8.05. The van der Waals surface area contributed by atoms with E-state index in [1.54, 1.807) is 41.4 Å². The first-order valence-electron chi connectivity index (χ1n) is 10.5. The lowest BCUT2D eigenvalue weighted by Gasteiger charge is -2.29. The van der Waals surface area contributed by atoms with Gasteiger partial charge in [0.2, 0.25) is 0 Å². The molecule has 7 nitrogen and oxygen atoms in total. The van der Waals surface area contributed by atoms with E-state index < -0.39 is 12.7 Å². The lowest BCUT2D eigenvalue weighted by atomic mass is 10.1. The molecule has 4 aromatic rings. The van der Waals surface area contributed by atoms with E-state index in [0.29, 0.717) is 27.2 Å². The fraction of sp³-hybridized carbons (Fsp3) is 0.261. The van der Waals surface area contributed by atoms with Gasteiger partial charge in [-0.15, -0.1) is 0 Å². The molecule has 4 heterocycles. The summed E-state index contributed by atoms with van der Waals surface area (Å²) >= 11 is 6.02. The number of aryl methyl sites for hydroxylation is 1. The topological polar surface area (TPSA) is 65.1 Å². The number of pyridine rings is 1. The van der Waals surface area contributed by atoms with Crippen molar-refractivity contribution in [2.75, 3.05) is 6.54 Å². The molecule has 0 saturated heterocycles. The molecule has 0 aliphatic carbocycles. The number of rotatable bonds is 4. The van der Waals surface area contributed by atoms with Gasteiger partial charge in [0.15, 0.2) is 0 Å². The molecule has 0 atom stereocenters. The molecule has 5 rings (SSSR count). The number of alkyl halides is 3. The average Bonchev–Trinajstić information content (AvgIpc) is 3.33. The number of carbonyl (C=O) groups is 1. The van der Waals surface area contributed by atoms with Crippen LogP contribution in [0.15, 0.2) is 53.8 Å². The number of benzene rings is 1. The minimum atomic E-state index is -4.40. The maximum Gasteiger partial charge on any atom is 0.406 e. The minimum Gasteiger partial charge on any atom is -0.338 e. The molecular weight excluding hydrogens is 471 g/mol. The van der Waals surface area contributed by atoms with Gasteiger partial charge in [-0.1, -0.05) is 17.7 Å². The van der Waals surface area contributed by atoms with Gasteiger partial charge in [0, 0.05) is 42.4 Å². The van der Waals surface area contributed by atoms with Crippen LogP contribution < -0.4 is 5.56 Å². The van der Waals surface area contributed by atoms with Crippen molar-refractivity contribution in [3.8, 4) is 5.69 Å². The Kier molecular flexibility index (Phi) is 5.27. The Morgan fingerprint density at radius 2 is 1.88 bits per heavy atom. The Morgan fingerprint density at radius 3 is 2.59 bits per heavy atom. The number of nitrogens with zero attached hydrogens (tertiary/aromatic N) is 5. The van der Waals surface area contributed by atoms with E-state index in [1.807, 2.05) is 6.92 Å². The van der Waals surface area contributed by atoms with Crippen LogP contribution in [0.4, 0.5) is 13.2 Å². The number of amides is 1. The van der Waals surface area contributed by atoms with Gasteiger partial charge in [-0.05, 0) is 36.8 Å². The zero-order valence-corrected chi connectivity index (χ0v) is 18.8. The van der Waals surface area contributed by atoms with Crippen LogP contribution in [-0.2, 0) is 19.6 Å². The average molecular weight is 490 g/mol. The minimum absolute atomic E-state index is 0.110. The van der Waals surface area contributed by atoms with Gasteiger partial charge >= 0.3 is 6.18 Å². The number of hydrogen-bond acceptors (Lipinski definition) is 3. The van der Waals surface area contributed by atoms with Crippen LogP contribution in [0.1, 0.15) is 21.7 Å². The molecule has 0 fully saturated rings. The van der Waals surface area contributed by atoms with Crippen LogP contribution in [0.3, 0.4) is 0 Å². The molecule has 0 N–H and O–H groups in total. The molecule has 1 aliphatic rings. The van der Waals surface area contributed by atoms with Gasteiger partial charge in [-0.2, -0.15) is 13.2 Å². The van der Waals surface area contributed by atoms with Gasteiger partial charge in [-0.25, -0.2) is 4.98 Å². The Balaban J connectivity index is 1.47. The molecule has 0 unspecified atom stereocenters. The molecule has 0 spiro atoms. The summed E-state index contributed by atoms with van der Waals surface area (Å²) in [5, 5.41) is 0.919. The van der Waals surface area contributed by atoms with E-state index in [9.17, 15) is 22.8 Å². The first-order chi connectivity index (χ1) is 16.1. The van der Waals surface area contributed by atoms with Crippen molar-refractivity contribution in [2.24, 2.45) is 0 Å². The fourth-order valence-electron chi connectivity index (χ4n) is 4.36. The summed E-state index contributed by atoms with van der Waals surface area (Å²) in [7, 11) is 0. The molecule has 0 radical (unpaired) electrons. The highest BCUT2D eigenvalue weighted by Gasteiger charge is 2.30. The number of fused-ring (bicyclic) bond motifs is 2. The third-order valence-electron chi connectivity index (χ3n) is 5.88. The molecule has 0 bridgehead atoms. The van der Waals surface area contributed by atoms with Crippen molar-refractivity contribution in [2.45, 2.75) is 32.7 Å². The summed E-state index contributed by atoms with van der Waals surface area (Å²) in [6, 6.07) is 7.92. The van der Waals surface area contributed by atoms with E-state index in [4.69, 9.17) is 11.6 Å². The first kappa shape index (κ1) is 22.3. The highest BCUT2D eigenvalue weighted by Crippen LogP contribution is 2.29. The van der Waals surface area contributed by atoms with Crippen LogP contribution in [0.5, 0.6) is 0 Å². The summed E-state index contributed by atoms with van der Waals surface area (Å²) in [5.74, 6) is -0.359. The molecule has 1 aliphatic heterocycles. The smallest absolute Gasteiger partial charge is 0.338 e. The quantitative estimate of drug-likeness (QED) is 0.432. The van der Waals surface area contributed by atoms with Crippen LogP contribution >= 0.6 is 11.6 Å². The van der Waals surface area contributed by atoms with E-state index in [-0.39, 0.29) is 36.8 Å². The largest absolute Gasteiger partial charge is 0.406 e. The Hall–Kier alpha value is -3.53. The molecule has 34 heavy (non-hydrogen) atoms. The lowest BCUT2D eigenvalue weighted by molar-refractivity contribution is -0.139. The number of halogens is 4. The molecule has 0 saturated carbocycles. The first-order valence-corrected chi connectivity index (χ1v) is 10.9. The summed E-state index contributed by atoms with van der Waals surface area (Å²) < 4.78 is 43.4. The normalized spacial score (nSPS) is 14.1. The van der Waals surface area contributed by atoms with Crippen molar-refractivity contribution in [3.05, 3.63) is 81.4 Å². The third-order valence-corrected chi connectivity index (χ3v) is 6.12. The highest BCUT2D eigenvalue weighted by atomic mass is 35.5. The fourth-order valence-corrected chi connectivity index (χ4v) is 4.52. The van der Waals surface area contributed by atoms with Crippen LogP contribution in [0, 0.1) is 6.92 Å². The number of aromatic nitrogens is 4. The predicted octanol–water partition coefficient (Wildman–Crippen LogP) is 4.17. The van der Waals surface area contributed by atoms with E-state index >= 15 is 0 Å². The van der Waals surface area contributed by atoms with Crippen molar-refractivity contribution in [1.29, 1.82) is 0 Å². The van der Waals surface area contributed by atoms with E-state index in [0.717, 1.165) is 10.3 Å². The van der Waals surface area contributed by atoms with Crippen LogP contribution in [0.25, 0.3) is 16.6 Å². The van der Waals surface area contributed by atoms with Gasteiger partial charge in [0.25, 0.3) is 11.5 Å². The molecular formula is C23H19ClF3N5O2. The second-order valence-electron chi connectivity index (χ2n) is 8.27. The monoisotopic (exact) mass is 489 g/mol. The third kappa shape index (κ3) is 3.98. The Morgan fingerprint density at radius 1 is 1.09 bits per heavy atom. The van der Waals surface area contributed by atoms with Gasteiger partial charge in [-0.3, -0.25) is 9.59 Å². The van der Waals surface area contributed by atoms with Gasteiger partial charge in [0.05, 0.1) is 17.5 Å². The van der Waals surface area contributed by atoms with Crippen molar-refractivity contribution in [1.82, 2.24) is 23.6 Å². The summed E-state index contributed by atoms with van der Waals surface area (Å²) in [4.78, 5) is 31.9. The second-order valence-corrected chi connectivity index (χ2v) is 8.70. The number of hydrogen-bond donors (Lipinski definition) is 0. The van der Waals surface area contributed by atoms with E-state index in [1.165, 1.54) is 21.7 Å². The molecule has 1 aromatic carbocycles. The highest BCUT2D eigenvalue weighted by molar-refractivity contribution is 6.31. The van der Waals surface area contributed by atoms with Crippen molar-refractivity contribution < 1.29 is 18.0 Å². The van der Waals surface area contributed by atoms with Gasteiger partial charge < -0.3 is 18.6 Å². The molecule has 1 amide bonds. The standard InChI is InChI=1S/C23H19ClF3N5O2/c1-14-9-31(13-28-14)18-4-5-19-21(33)29(6-7-32(19)22(18)34)10-15-11-30(12-23(25,26)27)20-8-16(24)2-3-17(15)20/h2-5,8-9,11,13H,6-7,10,12H2,1H3. The van der Waals surface area contributed by atoms with Crippen LogP contribution in [-0.4, -0.2) is 42.2 Å². The zero-order valence-electron chi connectivity index (χ0n) is 18.0. The van der Waals surface area contributed by atoms with E-state index in [2.05, 4.69) is 4.98 Å². The van der Waals surface area contributed by atoms with Crippen LogP contribution in [0.2, 0.25) is 5.02 Å². The molecule has 3 aromatic heterocycles. The Labute approximate surface area is 196 Å². The molecule has 11 heteroatoms. The van der Waals surface area contributed by atoms with Crippen molar-refractivity contribution in [3.63, 3.8) is 0 Å². The Bertz CT molecular complexity index is 1480. The summed E-state index contributed by atoms with van der Waals surface area (Å²) in [6.45, 7) is 1.28. The maximum atomic E-state index is 13.2. The summed E-state index contributed by atoms with van der Waals surface area (Å²) in [5.41, 5.74) is 2.00. The maximum absolute atomic E-state index is 13.2. The predicted molar refractivity (Wildman–Crippen MR) is 120 cm³/mol. The van der Waals surface area contributed by atoms with Gasteiger partial charge in [0.1, 0.15) is 17.9 Å². The lowest BCUT2D eigenvalue weighted by Crippen LogP contribution is -2.44. The zero-order chi connectivity index (χ0) is 24.2. The molecule has 176 valence electrons. The number of imidazole rings is 1. The number of carbonyl (C=O) groups excluding carboxylic acids is 1. The SMILES string of the molecule is Cc1cn(-c2ccc3n(c2=O)CCN(Cc2cn(CC(F)(F)F)c4cc(Cl)ccc24)C3=O)cn1. The summed E-state index contributed by atoms with van der Waals surface area (Å²) in [6.07, 6.45) is 0.272.